The zero-order valence-corrected chi connectivity index (χ0v) is 21.5. The van der Waals surface area contributed by atoms with Crippen molar-refractivity contribution in [1.29, 1.82) is 0 Å². The van der Waals surface area contributed by atoms with Crippen LogP contribution in [0.2, 0.25) is 10.0 Å². The molecule has 0 aliphatic carbocycles. The predicted octanol–water partition coefficient (Wildman–Crippen LogP) is 6.46. The molecule has 0 bridgehead atoms. The third-order valence-electron chi connectivity index (χ3n) is 6.49. The number of amides is 3. The summed E-state index contributed by atoms with van der Waals surface area (Å²) in [6, 6.07) is 20.8. The Hall–Kier alpha value is -2.38. The molecule has 5 rings (SSSR count). The summed E-state index contributed by atoms with van der Waals surface area (Å²) in [5, 5.41) is 0.774. The van der Waals surface area contributed by atoms with Crippen LogP contribution in [0.5, 0.6) is 0 Å². The van der Waals surface area contributed by atoms with E-state index in [4.69, 9.17) is 23.2 Å². The Balaban J connectivity index is 1.28. The van der Waals surface area contributed by atoms with Crippen molar-refractivity contribution in [3.63, 3.8) is 0 Å². The monoisotopic (exact) mass is 557 g/mol. The molecule has 0 N–H and O–H groups in total. The van der Waals surface area contributed by atoms with Gasteiger partial charge in [0.05, 0.1) is 5.69 Å². The summed E-state index contributed by atoms with van der Waals surface area (Å²) in [5.41, 5.74) is 3.91. The Labute approximate surface area is 217 Å². The zero-order valence-electron chi connectivity index (χ0n) is 18.4. The summed E-state index contributed by atoms with van der Waals surface area (Å²) in [6.45, 7) is 1.23. The smallest absolute Gasteiger partial charge is 0.310 e. The van der Waals surface area contributed by atoms with Crippen molar-refractivity contribution in [2.75, 3.05) is 18.5 Å². The lowest BCUT2D eigenvalue weighted by Gasteiger charge is -2.26. The summed E-state index contributed by atoms with van der Waals surface area (Å²) in [6.07, 6.45) is 0.596. The molecule has 174 valence electrons. The number of carbonyl (C=O) groups is 2. The number of halogens is 3. The molecule has 2 atom stereocenters. The van der Waals surface area contributed by atoms with Gasteiger partial charge < -0.3 is 4.90 Å². The first-order valence-corrected chi connectivity index (χ1v) is 12.5. The van der Waals surface area contributed by atoms with Crippen LogP contribution in [0.1, 0.15) is 12.0 Å². The van der Waals surface area contributed by atoms with Gasteiger partial charge in [-0.3, -0.25) is 9.69 Å². The SMILES string of the molecule is CN(Cc1cccc(-c2ccc(Br)cc2)c1)[C@H]1C[C@H]2C(=O)N(c3cc(Cl)cc(Cl)c3)C(=O)N2C1. The van der Waals surface area contributed by atoms with Gasteiger partial charge in [-0.05, 0) is 66.6 Å². The highest BCUT2D eigenvalue weighted by atomic mass is 79.9. The molecule has 3 aromatic rings. The number of imide groups is 1. The molecular formula is C26H22BrCl2N3O2. The van der Waals surface area contributed by atoms with Gasteiger partial charge in [0, 0.05) is 33.6 Å². The highest BCUT2D eigenvalue weighted by Crippen LogP contribution is 2.35. The summed E-state index contributed by atoms with van der Waals surface area (Å²) < 4.78 is 1.05. The second-order valence-corrected chi connectivity index (χ2v) is 10.6. The molecule has 2 heterocycles. The summed E-state index contributed by atoms with van der Waals surface area (Å²) in [7, 11) is 2.04. The first-order chi connectivity index (χ1) is 16.3. The average molecular weight is 559 g/mol. The van der Waals surface area contributed by atoms with Gasteiger partial charge in [0.25, 0.3) is 5.91 Å². The quantitative estimate of drug-likeness (QED) is 0.337. The number of urea groups is 1. The van der Waals surface area contributed by atoms with Crippen LogP contribution in [0.15, 0.2) is 71.2 Å². The fourth-order valence-corrected chi connectivity index (χ4v) is 5.54. The maximum atomic E-state index is 13.1. The topological polar surface area (TPSA) is 43.9 Å². The van der Waals surface area contributed by atoms with Crippen molar-refractivity contribution in [2.24, 2.45) is 0 Å². The minimum absolute atomic E-state index is 0.0966. The fraction of sp³-hybridized carbons (Fsp3) is 0.231. The van der Waals surface area contributed by atoms with Crippen molar-refractivity contribution in [3.05, 3.63) is 86.8 Å². The van der Waals surface area contributed by atoms with Gasteiger partial charge >= 0.3 is 6.03 Å². The Bertz CT molecular complexity index is 1220. The van der Waals surface area contributed by atoms with E-state index in [1.54, 1.807) is 23.1 Å². The number of hydrogen-bond donors (Lipinski definition) is 0. The predicted molar refractivity (Wildman–Crippen MR) is 139 cm³/mol. The number of benzene rings is 3. The van der Waals surface area contributed by atoms with Crippen molar-refractivity contribution in [2.45, 2.75) is 25.0 Å². The van der Waals surface area contributed by atoms with Crippen molar-refractivity contribution >= 4 is 56.8 Å². The number of likely N-dealkylation sites (N-methyl/N-ethyl adjacent to an activating group) is 1. The minimum Gasteiger partial charge on any atom is -0.310 e. The Morgan fingerprint density at radius 3 is 2.35 bits per heavy atom. The van der Waals surface area contributed by atoms with Crippen LogP contribution >= 0.6 is 39.1 Å². The van der Waals surface area contributed by atoms with Crippen LogP contribution < -0.4 is 4.90 Å². The lowest BCUT2D eigenvalue weighted by Crippen LogP contribution is -2.39. The molecule has 2 aliphatic heterocycles. The molecule has 34 heavy (non-hydrogen) atoms. The molecule has 3 amide bonds. The zero-order chi connectivity index (χ0) is 24.0. The maximum absolute atomic E-state index is 13.1. The lowest BCUT2D eigenvalue weighted by atomic mass is 10.0. The van der Waals surface area contributed by atoms with Crippen molar-refractivity contribution in [3.8, 4) is 11.1 Å². The fourth-order valence-electron chi connectivity index (χ4n) is 4.77. The molecule has 0 saturated carbocycles. The third kappa shape index (κ3) is 4.48. The number of nitrogens with zero attached hydrogens (tertiary/aromatic N) is 3. The average Bonchev–Trinajstić information content (AvgIpc) is 3.33. The van der Waals surface area contributed by atoms with E-state index in [2.05, 4.69) is 57.2 Å². The maximum Gasteiger partial charge on any atom is 0.332 e. The Kier molecular flexibility index (Phi) is 6.42. The highest BCUT2D eigenvalue weighted by molar-refractivity contribution is 9.10. The van der Waals surface area contributed by atoms with Gasteiger partial charge in [-0.2, -0.15) is 0 Å². The molecule has 2 fully saturated rings. The largest absolute Gasteiger partial charge is 0.332 e. The molecule has 3 aromatic carbocycles. The Morgan fingerprint density at radius 2 is 1.68 bits per heavy atom. The van der Waals surface area contributed by atoms with Gasteiger partial charge in [-0.25, -0.2) is 9.69 Å². The van der Waals surface area contributed by atoms with Gasteiger partial charge in [-0.1, -0.05) is 69.5 Å². The third-order valence-corrected chi connectivity index (χ3v) is 7.45. The van der Waals surface area contributed by atoms with Crippen LogP contribution in [0, 0.1) is 0 Å². The summed E-state index contributed by atoms with van der Waals surface area (Å²) >= 11 is 15.7. The van der Waals surface area contributed by atoms with E-state index in [0.717, 1.165) is 22.1 Å². The molecule has 0 aromatic heterocycles. The summed E-state index contributed by atoms with van der Waals surface area (Å²) in [4.78, 5) is 31.3. The summed E-state index contributed by atoms with van der Waals surface area (Å²) in [5.74, 6) is -0.225. The second-order valence-electron chi connectivity index (χ2n) is 8.76. The molecule has 2 saturated heterocycles. The van der Waals surface area contributed by atoms with Gasteiger partial charge in [0.15, 0.2) is 0 Å². The number of hydrogen-bond acceptors (Lipinski definition) is 3. The number of carbonyl (C=O) groups excluding carboxylic acids is 2. The van der Waals surface area contributed by atoms with Crippen LogP contribution in [-0.4, -0.2) is 47.4 Å². The highest BCUT2D eigenvalue weighted by Gasteiger charge is 2.51. The van der Waals surface area contributed by atoms with Gasteiger partial charge in [0.1, 0.15) is 6.04 Å². The van der Waals surface area contributed by atoms with E-state index in [9.17, 15) is 9.59 Å². The molecule has 0 unspecified atom stereocenters. The van der Waals surface area contributed by atoms with Crippen LogP contribution in [0.25, 0.3) is 11.1 Å². The van der Waals surface area contributed by atoms with Crippen LogP contribution in [0.4, 0.5) is 10.5 Å². The van der Waals surface area contributed by atoms with Gasteiger partial charge in [0.2, 0.25) is 0 Å². The van der Waals surface area contributed by atoms with E-state index in [1.165, 1.54) is 10.5 Å². The van der Waals surface area contributed by atoms with E-state index in [1.807, 2.05) is 19.2 Å². The molecule has 2 aliphatic rings. The van der Waals surface area contributed by atoms with Gasteiger partial charge in [-0.15, -0.1) is 0 Å². The standard InChI is InChI=1S/C26H22BrCl2N3O2/c1-30(14-16-3-2-4-18(9-16)17-5-7-19(27)8-6-17)23-13-24-25(33)32(26(34)31(24)15-23)22-11-20(28)10-21(29)12-22/h2-12,23-24H,13-15H2,1H3/t23-,24-/m0/s1. The molecule has 5 nitrogen and oxygen atoms in total. The second kappa shape index (κ2) is 9.34. The Morgan fingerprint density at radius 1 is 0.971 bits per heavy atom. The van der Waals surface area contributed by atoms with E-state index in [-0.39, 0.29) is 18.0 Å². The molecule has 0 radical (unpaired) electrons. The number of rotatable bonds is 5. The van der Waals surface area contributed by atoms with Crippen molar-refractivity contribution in [1.82, 2.24) is 9.80 Å². The minimum atomic E-state index is -0.466. The molecule has 0 spiro atoms. The normalized spacial score (nSPS) is 19.9. The lowest BCUT2D eigenvalue weighted by molar-refractivity contribution is -0.119. The van der Waals surface area contributed by atoms with E-state index in [0.29, 0.717) is 28.7 Å². The van der Waals surface area contributed by atoms with E-state index < -0.39 is 6.04 Å². The van der Waals surface area contributed by atoms with Crippen molar-refractivity contribution < 1.29 is 9.59 Å². The van der Waals surface area contributed by atoms with E-state index >= 15 is 0 Å². The first-order valence-electron chi connectivity index (χ1n) is 11.0. The molecular weight excluding hydrogens is 537 g/mol. The van der Waals surface area contributed by atoms with Crippen LogP contribution in [-0.2, 0) is 11.3 Å². The number of anilines is 1. The van der Waals surface area contributed by atoms with Crippen LogP contribution in [0.3, 0.4) is 0 Å². The first kappa shape index (κ1) is 23.4. The number of fused-ring (bicyclic) bond motifs is 1. The molecule has 8 heteroatoms.